The van der Waals surface area contributed by atoms with Crippen LogP contribution in [0.3, 0.4) is 0 Å². The molecular formula is C22H25F3N4O2. The Balaban J connectivity index is 1.70. The summed E-state index contributed by atoms with van der Waals surface area (Å²) in [5, 5.41) is 8.03. The van der Waals surface area contributed by atoms with Crippen molar-refractivity contribution in [3.8, 4) is 0 Å². The molecule has 2 aromatic heterocycles. The Labute approximate surface area is 178 Å². The Morgan fingerprint density at radius 2 is 1.84 bits per heavy atom. The van der Waals surface area contributed by atoms with E-state index < -0.39 is 12.8 Å². The van der Waals surface area contributed by atoms with Gasteiger partial charge in [0.25, 0.3) is 5.91 Å². The molecular weight excluding hydrogens is 409 g/mol. The molecule has 0 saturated carbocycles. The van der Waals surface area contributed by atoms with E-state index in [0.29, 0.717) is 16.8 Å². The standard InChI is InChI=1S/C22H25F3N4O2/c1-13(2)18-9-17(19-14(3)28-29(4)20(19)27-18)21(30)26-10-15-5-7-16(8-6-15)11-31-12-22(23,24)25/h5-9,13H,10-12H2,1-4H3,(H,26,30). The van der Waals surface area contributed by atoms with Gasteiger partial charge in [-0.1, -0.05) is 38.1 Å². The number of aryl methyl sites for hydroxylation is 2. The predicted molar refractivity (Wildman–Crippen MR) is 111 cm³/mol. The molecule has 31 heavy (non-hydrogen) atoms. The summed E-state index contributed by atoms with van der Waals surface area (Å²) in [6.45, 7) is 4.74. The molecule has 0 fully saturated rings. The van der Waals surface area contributed by atoms with Crippen LogP contribution in [-0.4, -0.2) is 33.5 Å². The van der Waals surface area contributed by atoms with Crippen LogP contribution in [0, 0.1) is 6.92 Å². The zero-order valence-corrected chi connectivity index (χ0v) is 17.9. The molecule has 0 bridgehead atoms. The maximum atomic E-state index is 13.0. The van der Waals surface area contributed by atoms with Gasteiger partial charge in [0, 0.05) is 19.3 Å². The van der Waals surface area contributed by atoms with Gasteiger partial charge >= 0.3 is 6.18 Å². The van der Waals surface area contributed by atoms with Gasteiger partial charge in [-0.2, -0.15) is 18.3 Å². The Morgan fingerprint density at radius 3 is 2.45 bits per heavy atom. The summed E-state index contributed by atoms with van der Waals surface area (Å²) in [6, 6.07) is 8.68. The van der Waals surface area contributed by atoms with Crippen molar-refractivity contribution >= 4 is 16.9 Å². The van der Waals surface area contributed by atoms with Crippen molar-refractivity contribution in [2.24, 2.45) is 7.05 Å². The van der Waals surface area contributed by atoms with Crippen LogP contribution in [0.1, 0.15) is 52.6 Å². The van der Waals surface area contributed by atoms with Gasteiger partial charge in [-0.3, -0.25) is 9.48 Å². The predicted octanol–water partition coefficient (Wildman–Crippen LogP) is 4.41. The van der Waals surface area contributed by atoms with E-state index in [-0.39, 0.29) is 25.0 Å². The number of fused-ring (bicyclic) bond motifs is 1. The molecule has 9 heteroatoms. The van der Waals surface area contributed by atoms with Gasteiger partial charge in [-0.25, -0.2) is 4.98 Å². The molecule has 1 N–H and O–H groups in total. The highest BCUT2D eigenvalue weighted by Crippen LogP contribution is 2.25. The van der Waals surface area contributed by atoms with Crippen LogP contribution < -0.4 is 5.32 Å². The van der Waals surface area contributed by atoms with Crippen molar-refractivity contribution in [1.29, 1.82) is 0 Å². The van der Waals surface area contributed by atoms with Gasteiger partial charge in [0.2, 0.25) is 0 Å². The Kier molecular flexibility index (Phi) is 6.64. The molecule has 1 aromatic carbocycles. The van der Waals surface area contributed by atoms with E-state index in [1.165, 1.54) is 0 Å². The van der Waals surface area contributed by atoms with Crippen LogP contribution in [-0.2, 0) is 24.9 Å². The molecule has 3 aromatic rings. The summed E-state index contributed by atoms with van der Waals surface area (Å²) in [6.07, 6.45) is -4.34. The molecule has 2 heterocycles. The molecule has 0 atom stereocenters. The lowest BCUT2D eigenvalue weighted by molar-refractivity contribution is -0.176. The van der Waals surface area contributed by atoms with Crippen LogP contribution in [0.4, 0.5) is 13.2 Å². The van der Waals surface area contributed by atoms with Crippen molar-refractivity contribution in [2.75, 3.05) is 6.61 Å². The van der Waals surface area contributed by atoms with Gasteiger partial charge in [-0.15, -0.1) is 0 Å². The molecule has 0 aliphatic rings. The average Bonchev–Trinajstić information content (AvgIpc) is 2.99. The van der Waals surface area contributed by atoms with Gasteiger partial charge in [0.15, 0.2) is 5.65 Å². The van der Waals surface area contributed by atoms with E-state index in [1.54, 1.807) is 42.1 Å². The first-order chi connectivity index (χ1) is 14.5. The fourth-order valence-electron chi connectivity index (χ4n) is 3.25. The highest BCUT2D eigenvalue weighted by atomic mass is 19.4. The van der Waals surface area contributed by atoms with Crippen LogP contribution in [0.5, 0.6) is 0 Å². The van der Waals surface area contributed by atoms with E-state index in [2.05, 4.69) is 20.1 Å². The smallest absolute Gasteiger partial charge is 0.367 e. The lowest BCUT2D eigenvalue weighted by Gasteiger charge is -2.11. The molecule has 0 saturated heterocycles. The third-order valence-electron chi connectivity index (χ3n) is 4.84. The summed E-state index contributed by atoms with van der Waals surface area (Å²) in [7, 11) is 1.80. The minimum atomic E-state index is -4.34. The largest absolute Gasteiger partial charge is 0.411 e. The van der Waals surface area contributed by atoms with Gasteiger partial charge in [-0.05, 0) is 30.0 Å². The van der Waals surface area contributed by atoms with E-state index in [0.717, 1.165) is 22.3 Å². The molecule has 6 nitrogen and oxygen atoms in total. The topological polar surface area (TPSA) is 69.0 Å². The number of carbonyl (C=O) groups is 1. The molecule has 166 valence electrons. The second-order valence-electron chi connectivity index (χ2n) is 7.76. The number of halogens is 3. The van der Waals surface area contributed by atoms with Crippen molar-refractivity contribution in [1.82, 2.24) is 20.1 Å². The molecule has 0 aliphatic heterocycles. The number of nitrogens with one attached hydrogen (secondary N) is 1. The fraction of sp³-hybridized carbons (Fsp3) is 0.409. The van der Waals surface area contributed by atoms with E-state index in [9.17, 15) is 18.0 Å². The number of pyridine rings is 1. The van der Waals surface area contributed by atoms with Gasteiger partial charge in [0.1, 0.15) is 6.61 Å². The lowest BCUT2D eigenvalue weighted by Crippen LogP contribution is -2.23. The maximum absolute atomic E-state index is 13.0. The van der Waals surface area contributed by atoms with Crippen molar-refractivity contribution in [2.45, 2.75) is 46.0 Å². The summed E-state index contributed by atoms with van der Waals surface area (Å²) in [4.78, 5) is 17.6. The molecule has 1 amide bonds. The molecule has 0 unspecified atom stereocenters. The SMILES string of the molecule is Cc1nn(C)c2nc(C(C)C)cc(C(=O)NCc3ccc(COCC(F)(F)F)cc3)c12. The Bertz CT molecular complexity index is 1070. The number of nitrogens with zero attached hydrogens (tertiary/aromatic N) is 3. The first-order valence-corrected chi connectivity index (χ1v) is 9.90. The van der Waals surface area contributed by atoms with Crippen LogP contribution in [0.15, 0.2) is 30.3 Å². The Morgan fingerprint density at radius 1 is 1.19 bits per heavy atom. The number of benzene rings is 1. The van der Waals surface area contributed by atoms with E-state index in [4.69, 9.17) is 0 Å². The third kappa shape index (κ3) is 5.61. The molecule has 3 rings (SSSR count). The Hall–Kier alpha value is -2.94. The summed E-state index contributed by atoms with van der Waals surface area (Å²) in [5.41, 5.74) is 4.18. The average molecular weight is 434 g/mol. The lowest BCUT2D eigenvalue weighted by atomic mass is 10.0. The van der Waals surface area contributed by atoms with Gasteiger partial charge in [0.05, 0.1) is 23.3 Å². The second-order valence-corrected chi connectivity index (χ2v) is 7.76. The van der Waals surface area contributed by atoms with Crippen LogP contribution >= 0.6 is 0 Å². The van der Waals surface area contributed by atoms with Gasteiger partial charge < -0.3 is 10.1 Å². The number of amides is 1. The van der Waals surface area contributed by atoms with Crippen molar-refractivity contribution in [3.05, 3.63) is 58.4 Å². The van der Waals surface area contributed by atoms with E-state index in [1.807, 2.05) is 20.8 Å². The fourth-order valence-corrected chi connectivity index (χ4v) is 3.25. The normalized spacial score (nSPS) is 12.0. The van der Waals surface area contributed by atoms with Crippen LogP contribution in [0.2, 0.25) is 0 Å². The highest BCUT2D eigenvalue weighted by Gasteiger charge is 2.27. The first-order valence-electron chi connectivity index (χ1n) is 9.90. The van der Waals surface area contributed by atoms with Crippen molar-refractivity contribution in [3.63, 3.8) is 0 Å². The number of rotatable bonds is 7. The number of alkyl halides is 3. The van der Waals surface area contributed by atoms with Crippen LogP contribution in [0.25, 0.3) is 11.0 Å². The quantitative estimate of drug-likeness (QED) is 0.598. The summed E-state index contributed by atoms with van der Waals surface area (Å²) in [5.74, 6) is -0.0822. The first kappa shape index (κ1) is 22.7. The minimum absolute atomic E-state index is 0.126. The number of hydrogen-bond acceptors (Lipinski definition) is 4. The van der Waals surface area contributed by atoms with Crippen molar-refractivity contribution < 1.29 is 22.7 Å². The monoisotopic (exact) mass is 434 g/mol. The number of ether oxygens (including phenoxy) is 1. The third-order valence-corrected chi connectivity index (χ3v) is 4.84. The minimum Gasteiger partial charge on any atom is -0.367 e. The van der Waals surface area contributed by atoms with E-state index >= 15 is 0 Å². The highest BCUT2D eigenvalue weighted by molar-refractivity contribution is 6.06. The zero-order valence-electron chi connectivity index (χ0n) is 17.9. The zero-order chi connectivity index (χ0) is 22.8. The number of hydrogen-bond donors (Lipinski definition) is 1. The second kappa shape index (κ2) is 9.05. The summed E-state index contributed by atoms with van der Waals surface area (Å²) >= 11 is 0. The molecule has 0 spiro atoms. The summed E-state index contributed by atoms with van der Waals surface area (Å²) < 4.78 is 42.8. The maximum Gasteiger partial charge on any atom is 0.411 e. The molecule has 0 aliphatic carbocycles. The molecule has 0 radical (unpaired) electrons. The number of carbonyl (C=O) groups excluding carboxylic acids is 1. The number of aromatic nitrogens is 3.